The minimum absolute atomic E-state index is 0.203. The molecule has 0 unspecified atom stereocenters. The molecule has 1 amide bonds. The molecular formula is C19H21FN2O4S. The van der Waals surface area contributed by atoms with Crippen LogP contribution in [-0.2, 0) is 14.8 Å². The molecule has 0 saturated carbocycles. The normalized spacial score (nSPS) is 12.1. The summed E-state index contributed by atoms with van der Waals surface area (Å²) in [5.41, 5.74) is 0.695. The highest BCUT2D eigenvalue weighted by Gasteiger charge is 2.29. The van der Waals surface area contributed by atoms with Crippen LogP contribution in [-0.4, -0.2) is 33.2 Å². The van der Waals surface area contributed by atoms with Gasteiger partial charge in [-0.15, -0.1) is 0 Å². The second-order valence-electron chi connectivity index (χ2n) is 5.82. The molecule has 0 saturated heterocycles. The average Bonchev–Trinajstić information content (AvgIpc) is 2.61. The molecule has 0 fully saturated rings. The number of amides is 1. The van der Waals surface area contributed by atoms with Crippen LogP contribution in [0.4, 0.5) is 15.8 Å². The lowest BCUT2D eigenvalue weighted by Crippen LogP contribution is -2.45. The highest BCUT2D eigenvalue weighted by Crippen LogP contribution is 2.22. The lowest BCUT2D eigenvalue weighted by Gasteiger charge is -2.28. The molecule has 0 heterocycles. The Labute approximate surface area is 158 Å². The fraction of sp³-hybridized carbons (Fsp3) is 0.211. The standard InChI is InChI=1S/C19H21FN2O4S/c1-4-13-26-18-11-7-16(8-12-18)21-19(23)14(2)22(27(3,24)25)17-9-5-15(20)6-10-17/h4-12,14H,1,13H2,2-3H3,(H,21,23)/t14-/m0/s1. The monoisotopic (exact) mass is 392 g/mol. The van der Waals surface area contributed by atoms with Gasteiger partial charge < -0.3 is 10.1 Å². The second-order valence-corrected chi connectivity index (χ2v) is 7.68. The van der Waals surface area contributed by atoms with Crippen molar-refractivity contribution in [3.05, 3.63) is 67.0 Å². The summed E-state index contributed by atoms with van der Waals surface area (Å²) in [4.78, 5) is 12.6. The fourth-order valence-electron chi connectivity index (χ4n) is 2.43. The first-order chi connectivity index (χ1) is 12.7. The first-order valence-corrected chi connectivity index (χ1v) is 9.97. The number of rotatable bonds is 8. The van der Waals surface area contributed by atoms with Crippen LogP contribution in [0.5, 0.6) is 5.75 Å². The minimum atomic E-state index is -3.76. The van der Waals surface area contributed by atoms with Gasteiger partial charge in [-0.1, -0.05) is 12.7 Å². The van der Waals surface area contributed by atoms with Gasteiger partial charge in [0, 0.05) is 5.69 Å². The quantitative estimate of drug-likeness (QED) is 0.700. The van der Waals surface area contributed by atoms with Gasteiger partial charge in [-0.3, -0.25) is 9.10 Å². The Balaban J connectivity index is 2.17. The summed E-state index contributed by atoms with van der Waals surface area (Å²) in [7, 11) is -3.76. The van der Waals surface area contributed by atoms with E-state index in [1.165, 1.54) is 19.1 Å². The average molecular weight is 392 g/mol. The van der Waals surface area contributed by atoms with Crippen molar-refractivity contribution < 1.29 is 22.3 Å². The molecule has 2 aromatic rings. The number of carbonyl (C=O) groups excluding carboxylic acids is 1. The van der Waals surface area contributed by atoms with E-state index >= 15 is 0 Å². The van der Waals surface area contributed by atoms with Gasteiger partial charge in [-0.25, -0.2) is 12.8 Å². The maximum atomic E-state index is 13.1. The van der Waals surface area contributed by atoms with Crippen LogP contribution in [0.1, 0.15) is 6.92 Å². The lowest BCUT2D eigenvalue weighted by molar-refractivity contribution is -0.116. The van der Waals surface area contributed by atoms with E-state index in [2.05, 4.69) is 11.9 Å². The number of nitrogens with one attached hydrogen (secondary N) is 1. The van der Waals surface area contributed by atoms with E-state index < -0.39 is 27.8 Å². The van der Waals surface area contributed by atoms with Crippen LogP contribution >= 0.6 is 0 Å². The van der Waals surface area contributed by atoms with Crippen molar-refractivity contribution in [2.24, 2.45) is 0 Å². The van der Waals surface area contributed by atoms with Gasteiger partial charge in [-0.05, 0) is 55.5 Å². The maximum Gasteiger partial charge on any atom is 0.247 e. The topological polar surface area (TPSA) is 75.7 Å². The Hall–Kier alpha value is -2.87. The van der Waals surface area contributed by atoms with Crippen molar-refractivity contribution in [3.63, 3.8) is 0 Å². The maximum absolute atomic E-state index is 13.1. The number of hydrogen-bond donors (Lipinski definition) is 1. The molecule has 6 nitrogen and oxygen atoms in total. The summed E-state index contributed by atoms with van der Waals surface area (Å²) in [6.07, 6.45) is 2.61. The Kier molecular flexibility index (Phi) is 6.57. The Bertz CT molecular complexity index is 896. The van der Waals surface area contributed by atoms with E-state index in [9.17, 15) is 17.6 Å². The molecule has 0 aliphatic carbocycles. The summed E-state index contributed by atoms with van der Waals surface area (Å²) in [5.74, 6) is -0.405. The van der Waals surface area contributed by atoms with E-state index in [0.29, 0.717) is 18.0 Å². The van der Waals surface area contributed by atoms with Crippen LogP contribution in [0.15, 0.2) is 61.2 Å². The summed E-state index contributed by atoms with van der Waals surface area (Å²) in [6.45, 7) is 5.39. The molecule has 1 atom stereocenters. The van der Waals surface area contributed by atoms with Crippen LogP contribution in [0.2, 0.25) is 0 Å². The largest absolute Gasteiger partial charge is 0.490 e. The third-order valence-corrected chi connectivity index (χ3v) is 4.90. The van der Waals surface area contributed by atoms with E-state index in [1.807, 2.05) is 0 Å². The zero-order valence-electron chi connectivity index (χ0n) is 15.1. The molecule has 27 heavy (non-hydrogen) atoms. The number of sulfonamides is 1. The third-order valence-electron chi connectivity index (χ3n) is 3.66. The molecule has 2 rings (SSSR count). The number of carbonyl (C=O) groups is 1. The van der Waals surface area contributed by atoms with Crippen molar-refractivity contribution in [3.8, 4) is 5.75 Å². The van der Waals surface area contributed by atoms with Gasteiger partial charge in [-0.2, -0.15) is 0 Å². The summed E-state index contributed by atoms with van der Waals surface area (Å²) in [5, 5.41) is 2.66. The molecular weight excluding hydrogens is 371 g/mol. The molecule has 2 aromatic carbocycles. The number of ether oxygens (including phenoxy) is 1. The molecule has 0 bridgehead atoms. The number of benzene rings is 2. The molecule has 144 valence electrons. The van der Waals surface area contributed by atoms with E-state index in [1.54, 1.807) is 30.3 Å². The van der Waals surface area contributed by atoms with Gasteiger partial charge in [0.05, 0.1) is 11.9 Å². The number of nitrogens with zero attached hydrogens (tertiary/aromatic N) is 1. The molecule has 0 aliphatic heterocycles. The Morgan fingerprint density at radius 1 is 1.22 bits per heavy atom. The minimum Gasteiger partial charge on any atom is -0.490 e. The predicted octanol–water partition coefficient (Wildman–Crippen LogP) is 3.18. The summed E-state index contributed by atoms with van der Waals surface area (Å²) >= 11 is 0. The summed E-state index contributed by atoms with van der Waals surface area (Å²) < 4.78 is 43.8. The number of anilines is 2. The van der Waals surface area contributed by atoms with Crippen LogP contribution in [0.3, 0.4) is 0 Å². The van der Waals surface area contributed by atoms with Crippen molar-refractivity contribution >= 4 is 27.3 Å². The molecule has 0 aromatic heterocycles. The molecule has 0 aliphatic rings. The second kappa shape index (κ2) is 8.68. The number of halogens is 1. The zero-order valence-corrected chi connectivity index (χ0v) is 15.9. The SMILES string of the molecule is C=CCOc1ccc(NC(=O)[C@H](C)N(c2ccc(F)cc2)S(C)(=O)=O)cc1. The predicted molar refractivity (Wildman–Crippen MR) is 104 cm³/mol. The lowest BCUT2D eigenvalue weighted by atomic mass is 10.2. The van der Waals surface area contributed by atoms with E-state index in [0.717, 1.165) is 22.7 Å². The third kappa shape index (κ3) is 5.55. The fourth-order valence-corrected chi connectivity index (χ4v) is 3.61. The first kappa shape index (κ1) is 20.4. The number of hydrogen-bond acceptors (Lipinski definition) is 4. The zero-order chi connectivity index (χ0) is 20.0. The molecule has 0 radical (unpaired) electrons. The van der Waals surface area contributed by atoms with Gasteiger partial charge in [0.15, 0.2) is 0 Å². The van der Waals surface area contributed by atoms with Gasteiger partial charge in [0.2, 0.25) is 15.9 Å². The van der Waals surface area contributed by atoms with Crippen molar-refractivity contribution in [1.29, 1.82) is 0 Å². The van der Waals surface area contributed by atoms with E-state index in [4.69, 9.17) is 4.74 Å². The van der Waals surface area contributed by atoms with Gasteiger partial charge in [0.1, 0.15) is 24.2 Å². The van der Waals surface area contributed by atoms with E-state index in [-0.39, 0.29) is 5.69 Å². The Morgan fingerprint density at radius 3 is 2.33 bits per heavy atom. The first-order valence-electron chi connectivity index (χ1n) is 8.12. The van der Waals surface area contributed by atoms with Crippen molar-refractivity contribution in [2.75, 3.05) is 22.5 Å². The summed E-state index contributed by atoms with van der Waals surface area (Å²) in [6, 6.07) is 10.5. The van der Waals surface area contributed by atoms with Crippen molar-refractivity contribution in [2.45, 2.75) is 13.0 Å². The molecule has 0 spiro atoms. The van der Waals surface area contributed by atoms with Crippen LogP contribution < -0.4 is 14.4 Å². The van der Waals surface area contributed by atoms with Crippen LogP contribution in [0.25, 0.3) is 0 Å². The smallest absolute Gasteiger partial charge is 0.247 e. The molecule has 8 heteroatoms. The van der Waals surface area contributed by atoms with Crippen LogP contribution in [0, 0.1) is 5.82 Å². The highest BCUT2D eigenvalue weighted by atomic mass is 32.2. The van der Waals surface area contributed by atoms with Crippen molar-refractivity contribution in [1.82, 2.24) is 0 Å². The van der Waals surface area contributed by atoms with Gasteiger partial charge in [0.25, 0.3) is 0 Å². The Morgan fingerprint density at radius 2 is 1.81 bits per heavy atom. The highest BCUT2D eigenvalue weighted by molar-refractivity contribution is 7.92. The van der Waals surface area contributed by atoms with Gasteiger partial charge >= 0.3 is 0 Å². The molecule has 1 N–H and O–H groups in total.